The van der Waals surface area contributed by atoms with E-state index in [9.17, 15) is 4.79 Å². The average Bonchev–Trinajstić information content (AvgIpc) is 2.63. The van der Waals surface area contributed by atoms with E-state index in [1.807, 2.05) is 24.4 Å². The molecule has 142 valence electrons. The van der Waals surface area contributed by atoms with Crippen molar-refractivity contribution in [3.8, 4) is 0 Å². The first-order valence-corrected chi connectivity index (χ1v) is 8.48. The van der Waals surface area contributed by atoms with Gasteiger partial charge in [-0.2, -0.15) is 0 Å². The number of hydrogen-bond donors (Lipinski definition) is 2. The molecule has 1 amide bonds. The second-order valence-corrected chi connectivity index (χ2v) is 6.52. The van der Waals surface area contributed by atoms with Crippen molar-refractivity contribution < 1.29 is 9.53 Å². The molecule has 6 nitrogen and oxygen atoms in total. The van der Waals surface area contributed by atoms with Crippen LogP contribution in [0.2, 0.25) is 0 Å². The van der Waals surface area contributed by atoms with Crippen molar-refractivity contribution >= 4 is 36.5 Å². The standard InChI is InChI=1S/C17H26N4O2.2ClH/c18-13-17(6-11-23-12-7-17)16(22)20-14-4-9-21(10-5-14)15-3-1-2-8-19-15;;/h1-3,8,14H,4-7,9-13,18H2,(H,20,22);2*1H. The Hall–Kier alpha value is -1.08. The van der Waals surface area contributed by atoms with E-state index < -0.39 is 5.41 Å². The van der Waals surface area contributed by atoms with E-state index in [1.54, 1.807) is 0 Å². The van der Waals surface area contributed by atoms with Crippen molar-refractivity contribution in [3.63, 3.8) is 0 Å². The number of halogens is 2. The summed E-state index contributed by atoms with van der Waals surface area (Å²) in [4.78, 5) is 19.4. The molecule has 8 heteroatoms. The molecule has 0 radical (unpaired) electrons. The Balaban J connectivity index is 0.00000156. The normalized spacial score (nSPS) is 20.1. The van der Waals surface area contributed by atoms with Gasteiger partial charge in [0.2, 0.25) is 5.91 Å². The second-order valence-electron chi connectivity index (χ2n) is 6.52. The number of amides is 1. The monoisotopic (exact) mass is 390 g/mol. The van der Waals surface area contributed by atoms with Gasteiger partial charge in [0.05, 0.1) is 5.41 Å². The lowest BCUT2D eigenvalue weighted by Crippen LogP contribution is -2.53. The zero-order valence-corrected chi connectivity index (χ0v) is 16.0. The van der Waals surface area contributed by atoms with Gasteiger partial charge in [-0.15, -0.1) is 24.8 Å². The maximum absolute atomic E-state index is 12.7. The number of aromatic nitrogens is 1. The molecule has 0 spiro atoms. The molecule has 0 saturated carbocycles. The summed E-state index contributed by atoms with van der Waals surface area (Å²) in [5.41, 5.74) is 5.48. The summed E-state index contributed by atoms with van der Waals surface area (Å²) in [6.45, 7) is 3.49. The highest BCUT2D eigenvalue weighted by atomic mass is 35.5. The van der Waals surface area contributed by atoms with Crippen molar-refractivity contribution in [1.82, 2.24) is 10.3 Å². The summed E-state index contributed by atoms with van der Waals surface area (Å²) < 4.78 is 5.38. The van der Waals surface area contributed by atoms with Crippen LogP contribution >= 0.6 is 24.8 Å². The lowest BCUT2D eigenvalue weighted by molar-refractivity contribution is -0.136. The van der Waals surface area contributed by atoms with Gasteiger partial charge >= 0.3 is 0 Å². The van der Waals surface area contributed by atoms with E-state index in [4.69, 9.17) is 10.5 Å². The lowest BCUT2D eigenvalue weighted by Gasteiger charge is -2.38. The molecule has 2 aliphatic heterocycles. The van der Waals surface area contributed by atoms with Crippen molar-refractivity contribution in [2.75, 3.05) is 37.7 Å². The summed E-state index contributed by atoms with van der Waals surface area (Å²) in [5, 5.41) is 3.23. The molecular formula is C17H28Cl2N4O2. The summed E-state index contributed by atoms with van der Waals surface area (Å²) in [6.07, 6.45) is 5.16. The average molecular weight is 391 g/mol. The Bertz CT molecular complexity index is 519. The van der Waals surface area contributed by atoms with Gasteiger partial charge in [0.15, 0.2) is 0 Å². The van der Waals surface area contributed by atoms with Crippen molar-refractivity contribution in [2.45, 2.75) is 31.7 Å². The van der Waals surface area contributed by atoms with Gasteiger partial charge in [-0.1, -0.05) is 6.07 Å². The fraction of sp³-hybridized carbons (Fsp3) is 0.647. The van der Waals surface area contributed by atoms with Crippen LogP contribution in [-0.2, 0) is 9.53 Å². The minimum Gasteiger partial charge on any atom is -0.381 e. The number of nitrogens with zero attached hydrogens (tertiary/aromatic N) is 2. The highest BCUT2D eigenvalue weighted by molar-refractivity contribution is 5.85. The molecule has 0 aromatic carbocycles. The van der Waals surface area contributed by atoms with Crippen LogP contribution in [0.15, 0.2) is 24.4 Å². The third-order valence-electron chi connectivity index (χ3n) is 5.13. The van der Waals surface area contributed by atoms with Crippen LogP contribution < -0.4 is 16.0 Å². The molecule has 25 heavy (non-hydrogen) atoms. The summed E-state index contributed by atoms with van der Waals surface area (Å²) in [5.74, 6) is 1.12. The van der Waals surface area contributed by atoms with Crippen LogP contribution in [0, 0.1) is 5.41 Å². The van der Waals surface area contributed by atoms with E-state index >= 15 is 0 Å². The topological polar surface area (TPSA) is 80.5 Å². The molecule has 3 rings (SSSR count). The number of ether oxygens (including phenoxy) is 1. The number of pyridine rings is 1. The molecule has 1 aromatic rings. The van der Waals surface area contributed by atoms with E-state index in [0.717, 1.165) is 44.6 Å². The second kappa shape index (κ2) is 10.2. The maximum atomic E-state index is 12.7. The fourth-order valence-electron chi connectivity index (χ4n) is 3.42. The minimum absolute atomic E-state index is 0. The van der Waals surface area contributed by atoms with Gasteiger partial charge in [-0.05, 0) is 37.8 Å². The first kappa shape index (κ1) is 22.0. The Kier molecular flexibility index (Phi) is 8.93. The molecule has 2 saturated heterocycles. The van der Waals surface area contributed by atoms with Crippen LogP contribution in [0.1, 0.15) is 25.7 Å². The number of anilines is 1. The lowest BCUT2D eigenvalue weighted by atomic mass is 9.79. The molecule has 3 heterocycles. The van der Waals surface area contributed by atoms with E-state index in [0.29, 0.717) is 19.8 Å². The largest absolute Gasteiger partial charge is 0.381 e. The zero-order chi connectivity index (χ0) is 16.1. The van der Waals surface area contributed by atoms with Gasteiger partial charge in [-0.25, -0.2) is 4.98 Å². The zero-order valence-electron chi connectivity index (χ0n) is 14.4. The van der Waals surface area contributed by atoms with Crippen LogP contribution in [-0.4, -0.2) is 49.8 Å². The van der Waals surface area contributed by atoms with Gasteiger partial charge < -0.3 is 20.7 Å². The fourth-order valence-corrected chi connectivity index (χ4v) is 3.42. The number of nitrogens with one attached hydrogen (secondary N) is 1. The number of piperidine rings is 1. The molecule has 0 bridgehead atoms. The number of nitrogens with two attached hydrogens (primary N) is 1. The molecule has 2 aliphatic rings. The Morgan fingerprint density at radius 1 is 1.28 bits per heavy atom. The van der Waals surface area contributed by atoms with Crippen molar-refractivity contribution in [3.05, 3.63) is 24.4 Å². The van der Waals surface area contributed by atoms with Gasteiger partial charge in [0, 0.05) is 45.1 Å². The Morgan fingerprint density at radius 3 is 2.52 bits per heavy atom. The highest BCUT2D eigenvalue weighted by Gasteiger charge is 2.39. The van der Waals surface area contributed by atoms with E-state index in [1.165, 1.54) is 0 Å². The first-order chi connectivity index (χ1) is 11.2. The minimum atomic E-state index is -0.434. The van der Waals surface area contributed by atoms with Gasteiger partial charge in [-0.3, -0.25) is 4.79 Å². The smallest absolute Gasteiger partial charge is 0.227 e. The predicted molar refractivity (Wildman–Crippen MR) is 104 cm³/mol. The molecule has 0 aliphatic carbocycles. The van der Waals surface area contributed by atoms with Crippen molar-refractivity contribution in [2.24, 2.45) is 11.1 Å². The van der Waals surface area contributed by atoms with Gasteiger partial charge in [0.25, 0.3) is 0 Å². The third-order valence-corrected chi connectivity index (χ3v) is 5.13. The van der Waals surface area contributed by atoms with Crippen molar-refractivity contribution in [1.29, 1.82) is 0 Å². The molecule has 0 atom stereocenters. The summed E-state index contributed by atoms with van der Waals surface area (Å²) >= 11 is 0. The van der Waals surface area contributed by atoms with E-state index in [-0.39, 0.29) is 36.8 Å². The number of rotatable bonds is 4. The molecular weight excluding hydrogens is 363 g/mol. The van der Waals surface area contributed by atoms with Crippen LogP contribution in [0.4, 0.5) is 5.82 Å². The third kappa shape index (κ3) is 5.20. The predicted octanol–water partition coefficient (Wildman–Crippen LogP) is 1.77. The maximum Gasteiger partial charge on any atom is 0.227 e. The highest BCUT2D eigenvalue weighted by Crippen LogP contribution is 2.30. The van der Waals surface area contributed by atoms with Crippen LogP contribution in [0.5, 0.6) is 0 Å². The molecule has 2 fully saturated rings. The quantitative estimate of drug-likeness (QED) is 0.818. The molecule has 0 unspecified atom stereocenters. The van der Waals surface area contributed by atoms with Gasteiger partial charge in [0.1, 0.15) is 5.82 Å². The van der Waals surface area contributed by atoms with Crippen LogP contribution in [0.25, 0.3) is 0 Å². The summed E-state index contributed by atoms with van der Waals surface area (Å²) in [7, 11) is 0. The molecule has 1 aromatic heterocycles. The summed E-state index contributed by atoms with van der Waals surface area (Å²) in [6, 6.07) is 6.20. The Morgan fingerprint density at radius 2 is 1.96 bits per heavy atom. The van der Waals surface area contributed by atoms with Crippen LogP contribution in [0.3, 0.4) is 0 Å². The first-order valence-electron chi connectivity index (χ1n) is 8.48. The number of carbonyl (C=O) groups is 1. The SMILES string of the molecule is Cl.Cl.NCC1(C(=O)NC2CCN(c3ccccn3)CC2)CCOCC1. The molecule has 3 N–H and O–H groups in total. The van der Waals surface area contributed by atoms with E-state index in [2.05, 4.69) is 15.2 Å². The number of hydrogen-bond acceptors (Lipinski definition) is 5. The Labute approximate surface area is 161 Å². The number of carbonyl (C=O) groups excluding carboxylic acids is 1.